The van der Waals surface area contributed by atoms with Crippen molar-refractivity contribution in [1.82, 2.24) is 0 Å². The predicted molar refractivity (Wildman–Crippen MR) is 59.8 cm³/mol. The molecule has 74 valence electrons. The Morgan fingerprint density at radius 2 is 1.85 bits per heavy atom. The summed E-state index contributed by atoms with van der Waals surface area (Å²) in [5, 5.41) is 0. The quantitative estimate of drug-likeness (QED) is 0.597. The molecular formula is C13H22. The van der Waals surface area contributed by atoms with Gasteiger partial charge < -0.3 is 0 Å². The summed E-state index contributed by atoms with van der Waals surface area (Å²) in [6, 6.07) is 0. The molecule has 0 saturated carbocycles. The zero-order valence-corrected chi connectivity index (χ0v) is 9.48. The van der Waals surface area contributed by atoms with Crippen LogP contribution in [0.15, 0.2) is 22.8 Å². The molecule has 0 heterocycles. The topological polar surface area (TPSA) is 0 Å². The lowest BCUT2D eigenvalue weighted by molar-refractivity contribution is 0.675. The third-order valence-corrected chi connectivity index (χ3v) is 3.04. The van der Waals surface area contributed by atoms with Crippen molar-refractivity contribution in [2.75, 3.05) is 0 Å². The fraction of sp³-hybridized carbons (Fsp3) is 0.692. The Kier molecular flexibility index (Phi) is 3.77. The molecule has 0 saturated heterocycles. The molecule has 0 unspecified atom stereocenters. The van der Waals surface area contributed by atoms with Gasteiger partial charge in [-0.25, -0.2) is 0 Å². The third-order valence-electron chi connectivity index (χ3n) is 3.04. The molecule has 0 spiro atoms. The van der Waals surface area contributed by atoms with Gasteiger partial charge in [-0.15, -0.1) is 0 Å². The van der Waals surface area contributed by atoms with Crippen molar-refractivity contribution < 1.29 is 0 Å². The lowest BCUT2D eigenvalue weighted by atomic mass is 9.84. The summed E-state index contributed by atoms with van der Waals surface area (Å²) in [5.74, 6) is 0.740. The molecule has 0 heteroatoms. The van der Waals surface area contributed by atoms with Crippen molar-refractivity contribution in [3.63, 3.8) is 0 Å². The molecule has 13 heavy (non-hydrogen) atoms. The van der Waals surface area contributed by atoms with Crippen LogP contribution < -0.4 is 0 Å². The monoisotopic (exact) mass is 178 g/mol. The molecule has 0 fully saturated rings. The SMILES string of the molecule is CCC1=CC(CC)=C(C(C)C)CC1. The lowest BCUT2D eigenvalue weighted by Crippen LogP contribution is -2.04. The molecule has 1 rings (SSSR count). The van der Waals surface area contributed by atoms with Crippen LogP contribution in [0.3, 0.4) is 0 Å². The maximum Gasteiger partial charge on any atom is -0.0254 e. The first kappa shape index (κ1) is 10.6. The highest BCUT2D eigenvalue weighted by molar-refractivity contribution is 5.34. The minimum Gasteiger partial charge on any atom is -0.0699 e. The van der Waals surface area contributed by atoms with Crippen molar-refractivity contribution in [3.8, 4) is 0 Å². The Morgan fingerprint density at radius 1 is 1.15 bits per heavy atom. The van der Waals surface area contributed by atoms with E-state index in [1.54, 1.807) is 16.7 Å². The van der Waals surface area contributed by atoms with Crippen LogP contribution >= 0.6 is 0 Å². The first-order valence-corrected chi connectivity index (χ1v) is 5.60. The molecule has 0 aliphatic heterocycles. The van der Waals surface area contributed by atoms with Crippen molar-refractivity contribution >= 4 is 0 Å². The predicted octanol–water partition coefficient (Wildman–Crippen LogP) is 4.48. The molecule has 0 N–H and O–H groups in total. The maximum atomic E-state index is 2.44. The minimum absolute atomic E-state index is 0.740. The van der Waals surface area contributed by atoms with Gasteiger partial charge in [0.05, 0.1) is 0 Å². The van der Waals surface area contributed by atoms with Crippen molar-refractivity contribution in [2.24, 2.45) is 5.92 Å². The standard InChI is InChI=1S/C13H22/c1-5-11-7-8-13(10(3)4)12(6-2)9-11/h9-10H,5-8H2,1-4H3. The Balaban J connectivity index is 2.90. The van der Waals surface area contributed by atoms with Crippen LogP contribution in [0.2, 0.25) is 0 Å². The van der Waals surface area contributed by atoms with E-state index >= 15 is 0 Å². The number of hydrogen-bond donors (Lipinski definition) is 0. The first-order chi connectivity index (χ1) is 6.19. The average Bonchev–Trinajstić information content (AvgIpc) is 2.16. The highest BCUT2D eigenvalue weighted by Crippen LogP contribution is 2.31. The molecule has 0 atom stereocenters. The van der Waals surface area contributed by atoms with Gasteiger partial charge in [0.25, 0.3) is 0 Å². The van der Waals surface area contributed by atoms with E-state index in [0.29, 0.717) is 0 Å². The molecule has 0 radical (unpaired) electrons. The summed E-state index contributed by atoms with van der Waals surface area (Å²) in [7, 11) is 0. The molecule has 0 nitrogen and oxygen atoms in total. The van der Waals surface area contributed by atoms with Gasteiger partial charge >= 0.3 is 0 Å². The fourth-order valence-corrected chi connectivity index (χ4v) is 2.13. The van der Waals surface area contributed by atoms with Crippen LogP contribution in [0.25, 0.3) is 0 Å². The van der Waals surface area contributed by atoms with E-state index in [2.05, 4.69) is 33.8 Å². The summed E-state index contributed by atoms with van der Waals surface area (Å²) in [5.41, 5.74) is 4.94. The zero-order chi connectivity index (χ0) is 9.84. The van der Waals surface area contributed by atoms with Gasteiger partial charge in [-0.1, -0.05) is 44.9 Å². The minimum atomic E-state index is 0.740. The summed E-state index contributed by atoms with van der Waals surface area (Å²) in [6.45, 7) is 9.16. The van der Waals surface area contributed by atoms with Crippen molar-refractivity contribution in [1.29, 1.82) is 0 Å². The summed E-state index contributed by atoms with van der Waals surface area (Å²) in [4.78, 5) is 0. The summed E-state index contributed by atoms with van der Waals surface area (Å²) in [6.07, 6.45) is 7.48. The number of rotatable bonds is 3. The van der Waals surface area contributed by atoms with E-state index in [-0.39, 0.29) is 0 Å². The van der Waals surface area contributed by atoms with Crippen LogP contribution in [0.4, 0.5) is 0 Å². The Hall–Kier alpha value is -0.520. The van der Waals surface area contributed by atoms with Crippen LogP contribution in [0.1, 0.15) is 53.4 Å². The second-order valence-electron chi connectivity index (χ2n) is 4.21. The summed E-state index contributed by atoms with van der Waals surface area (Å²) >= 11 is 0. The van der Waals surface area contributed by atoms with Gasteiger partial charge in [0.15, 0.2) is 0 Å². The van der Waals surface area contributed by atoms with Crippen LogP contribution in [-0.2, 0) is 0 Å². The molecule has 0 bridgehead atoms. The molecule has 1 aliphatic carbocycles. The van der Waals surface area contributed by atoms with Gasteiger partial charge in [-0.05, 0) is 37.2 Å². The maximum absolute atomic E-state index is 2.44. The molecule has 0 aromatic rings. The molecular weight excluding hydrogens is 156 g/mol. The van der Waals surface area contributed by atoms with Gasteiger partial charge in [0.2, 0.25) is 0 Å². The Bertz CT molecular complexity index is 228. The molecule has 0 amide bonds. The molecule has 0 aromatic heterocycles. The van der Waals surface area contributed by atoms with Crippen molar-refractivity contribution in [3.05, 3.63) is 22.8 Å². The summed E-state index contributed by atoms with van der Waals surface area (Å²) < 4.78 is 0. The first-order valence-electron chi connectivity index (χ1n) is 5.60. The second-order valence-corrected chi connectivity index (χ2v) is 4.21. The number of allylic oxidation sites excluding steroid dienone is 4. The van der Waals surface area contributed by atoms with Crippen LogP contribution in [0.5, 0.6) is 0 Å². The van der Waals surface area contributed by atoms with E-state index < -0.39 is 0 Å². The fourth-order valence-electron chi connectivity index (χ4n) is 2.13. The van der Waals surface area contributed by atoms with Crippen molar-refractivity contribution in [2.45, 2.75) is 53.4 Å². The Morgan fingerprint density at radius 3 is 2.31 bits per heavy atom. The van der Waals surface area contributed by atoms with Gasteiger partial charge in [-0.3, -0.25) is 0 Å². The molecule has 1 aliphatic rings. The van der Waals surface area contributed by atoms with E-state index in [1.165, 1.54) is 25.7 Å². The number of hydrogen-bond acceptors (Lipinski definition) is 0. The largest absolute Gasteiger partial charge is 0.0699 e. The van der Waals surface area contributed by atoms with Crippen LogP contribution in [0, 0.1) is 5.92 Å². The highest BCUT2D eigenvalue weighted by atomic mass is 14.2. The Labute approximate surface area is 82.7 Å². The normalized spacial score (nSPS) is 18.1. The van der Waals surface area contributed by atoms with Crippen LogP contribution in [-0.4, -0.2) is 0 Å². The average molecular weight is 178 g/mol. The van der Waals surface area contributed by atoms with E-state index in [9.17, 15) is 0 Å². The molecule has 0 aromatic carbocycles. The van der Waals surface area contributed by atoms with Gasteiger partial charge in [-0.2, -0.15) is 0 Å². The van der Waals surface area contributed by atoms with Gasteiger partial charge in [0, 0.05) is 0 Å². The second kappa shape index (κ2) is 4.64. The zero-order valence-electron chi connectivity index (χ0n) is 9.48. The van der Waals surface area contributed by atoms with E-state index in [4.69, 9.17) is 0 Å². The van der Waals surface area contributed by atoms with Gasteiger partial charge in [0.1, 0.15) is 0 Å². The van der Waals surface area contributed by atoms with E-state index in [0.717, 1.165) is 5.92 Å². The lowest BCUT2D eigenvalue weighted by Gasteiger charge is -2.21. The van der Waals surface area contributed by atoms with E-state index in [1.807, 2.05) is 0 Å². The smallest absolute Gasteiger partial charge is 0.0254 e. The highest BCUT2D eigenvalue weighted by Gasteiger charge is 2.13. The third kappa shape index (κ3) is 2.46.